The molecule has 2 aliphatic rings. The number of carbonyl (C=O) groups excluding carboxylic acids is 1. The van der Waals surface area contributed by atoms with Gasteiger partial charge in [0.1, 0.15) is 17.7 Å². The summed E-state index contributed by atoms with van der Waals surface area (Å²) in [5.41, 5.74) is 8.38. The summed E-state index contributed by atoms with van der Waals surface area (Å²) in [6.45, 7) is 2.28. The zero-order valence-corrected chi connectivity index (χ0v) is 18.8. The number of fused-ring (bicyclic) bond motifs is 2. The number of cyclic esters (lactones) is 1. The number of nitrogens with two attached hydrogens (primary N) is 1. The van der Waals surface area contributed by atoms with Crippen LogP contribution in [-0.4, -0.2) is 45.1 Å². The van der Waals surface area contributed by atoms with Crippen molar-refractivity contribution in [2.24, 2.45) is 5.73 Å². The highest BCUT2D eigenvalue weighted by Gasteiger charge is 2.31. The Kier molecular flexibility index (Phi) is 5.60. The highest BCUT2D eigenvalue weighted by atomic mass is 32.2. The van der Waals surface area contributed by atoms with Crippen molar-refractivity contribution in [3.8, 4) is 5.88 Å². The van der Waals surface area contributed by atoms with Gasteiger partial charge in [0.05, 0.1) is 23.3 Å². The van der Waals surface area contributed by atoms with E-state index in [1.54, 1.807) is 24.5 Å². The highest BCUT2D eigenvalue weighted by molar-refractivity contribution is 7.99. The number of hydrogen-bond acceptors (Lipinski definition) is 9. The third-order valence-corrected chi connectivity index (χ3v) is 6.99. The fraction of sp³-hybridized carbons (Fsp3) is 0.391. The van der Waals surface area contributed by atoms with Crippen LogP contribution in [0, 0.1) is 0 Å². The van der Waals surface area contributed by atoms with Crippen LogP contribution in [0.2, 0.25) is 0 Å². The van der Waals surface area contributed by atoms with Gasteiger partial charge in [0, 0.05) is 30.1 Å². The number of esters is 1. The molecule has 0 saturated heterocycles. The summed E-state index contributed by atoms with van der Waals surface area (Å²) in [7, 11) is 0. The minimum Gasteiger partial charge on any atom is -0.474 e. The van der Waals surface area contributed by atoms with Gasteiger partial charge < -0.3 is 20.5 Å². The highest BCUT2D eigenvalue weighted by Crippen LogP contribution is 2.36. The summed E-state index contributed by atoms with van der Waals surface area (Å²) in [5, 5.41) is 5.70. The first-order valence-electron chi connectivity index (χ1n) is 10.7. The van der Waals surface area contributed by atoms with Crippen LogP contribution in [0.3, 0.4) is 0 Å². The molecule has 166 valence electrons. The van der Waals surface area contributed by atoms with Gasteiger partial charge in [0.15, 0.2) is 0 Å². The van der Waals surface area contributed by atoms with Crippen molar-refractivity contribution >= 4 is 40.1 Å². The molecule has 0 spiro atoms. The maximum atomic E-state index is 11.8. The third-order valence-electron chi connectivity index (χ3n) is 5.94. The van der Waals surface area contributed by atoms with Crippen molar-refractivity contribution in [3.05, 3.63) is 47.4 Å². The SMILES string of the molecule is CSC1CC(Oc2ncc(C(C)N)c3cc(Nc4ccc5c(n4)CCOC5=O)ncc23)C1. The summed E-state index contributed by atoms with van der Waals surface area (Å²) in [5.74, 6) is 1.52. The molecule has 1 aliphatic carbocycles. The molecule has 0 amide bonds. The molecule has 0 aromatic carbocycles. The van der Waals surface area contributed by atoms with Gasteiger partial charge in [-0.15, -0.1) is 0 Å². The van der Waals surface area contributed by atoms with Gasteiger partial charge in [-0.05, 0) is 55.2 Å². The topological polar surface area (TPSA) is 112 Å². The van der Waals surface area contributed by atoms with Crippen molar-refractivity contribution in [3.63, 3.8) is 0 Å². The molecule has 32 heavy (non-hydrogen) atoms. The molecule has 1 saturated carbocycles. The van der Waals surface area contributed by atoms with E-state index in [-0.39, 0.29) is 18.1 Å². The molecular formula is C23H25N5O3S. The molecule has 8 nitrogen and oxygen atoms in total. The number of ether oxygens (including phenoxy) is 2. The number of nitrogens with one attached hydrogen (secondary N) is 1. The Balaban J connectivity index is 1.44. The maximum Gasteiger partial charge on any atom is 0.340 e. The van der Waals surface area contributed by atoms with E-state index in [1.807, 2.05) is 24.8 Å². The molecule has 1 fully saturated rings. The van der Waals surface area contributed by atoms with E-state index in [4.69, 9.17) is 15.2 Å². The fourth-order valence-corrected chi connectivity index (χ4v) is 4.83. The molecule has 1 unspecified atom stereocenters. The summed E-state index contributed by atoms with van der Waals surface area (Å²) in [6.07, 6.45) is 8.54. The molecule has 3 aromatic rings. The number of rotatable bonds is 6. The van der Waals surface area contributed by atoms with Crippen molar-refractivity contribution in [2.45, 2.75) is 43.6 Å². The average molecular weight is 452 g/mol. The molecule has 3 N–H and O–H groups in total. The Morgan fingerprint density at radius 2 is 2.06 bits per heavy atom. The van der Waals surface area contributed by atoms with Crippen LogP contribution >= 0.6 is 11.8 Å². The Morgan fingerprint density at radius 3 is 2.84 bits per heavy atom. The van der Waals surface area contributed by atoms with E-state index in [0.717, 1.165) is 34.9 Å². The van der Waals surface area contributed by atoms with Crippen LogP contribution in [0.1, 0.15) is 47.4 Å². The van der Waals surface area contributed by atoms with Gasteiger partial charge in [0.2, 0.25) is 5.88 Å². The first-order chi connectivity index (χ1) is 15.5. The van der Waals surface area contributed by atoms with Crippen LogP contribution in [0.5, 0.6) is 5.88 Å². The van der Waals surface area contributed by atoms with Gasteiger partial charge in [-0.3, -0.25) is 0 Å². The quantitative estimate of drug-likeness (QED) is 0.541. The summed E-state index contributed by atoms with van der Waals surface area (Å²) < 4.78 is 11.2. The van der Waals surface area contributed by atoms with Gasteiger partial charge in [-0.25, -0.2) is 19.7 Å². The molecule has 9 heteroatoms. The smallest absolute Gasteiger partial charge is 0.340 e. The number of anilines is 2. The summed E-state index contributed by atoms with van der Waals surface area (Å²) in [6, 6.07) is 5.25. The Bertz CT molecular complexity index is 1180. The lowest BCUT2D eigenvalue weighted by molar-refractivity contribution is 0.0477. The van der Waals surface area contributed by atoms with E-state index in [1.165, 1.54) is 0 Å². The zero-order valence-electron chi connectivity index (χ0n) is 18.0. The largest absolute Gasteiger partial charge is 0.474 e. The van der Waals surface area contributed by atoms with E-state index in [9.17, 15) is 4.79 Å². The second kappa shape index (κ2) is 8.55. The van der Waals surface area contributed by atoms with Crippen LogP contribution < -0.4 is 15.8 Å². The minimum absolute atomic E-state index is 0.188. The first-order valence-corrected chi connectivity index (χ1v) is 12.0. The zero-order chi connectivity index (χ0) is 22.2. The predicted molar refractivity (Wildman–Crippen MR) is 125 cm³/mol. The van der Waals surface area contributed by atoms with E-state index in [2.05, 4.69) is 26.5 Å². The van der Waals surface area contributed by atoms with Gasteiger partial charge in [0.25, 0.3) is 0 Å². The minimum atomic E-state index is -0.328. The fourth-order valence-electron chi connectivity index (χ4n) is 4.02. The standard InChI is InChI=1S/C23H25N5O3S/c1-12(24)17-10-26-22(31-13-7-14(8-13)32-2)18-11-25-21(9-16(17)18)28-20-4-3-15-19(27-20)5-6-30-23(15)29/h3-4,9-14H,5-8,24H2,1-2H3,(H,25,27,28). The molecule has 1 aliphatic heterocycles. The molecule has 4 heterocycles. The predicted octanol–water partition coefficient (Wildman–Crippen LogP) is 3.77. The summed E-state index contributed by atoms with van der Waals surface area (Å²) in [4.78, 5) is 25.5. The number of nitrogens with zero attached hydrogens (tertiary/aromatic N) is 3. The van der Waals surface area contributed by atoms with Crippen molar-refractivity contribution in [1.29, 1.82) is 0 Å². The lowest BCUT2D eigenvalue weighted by atomic mass is 9.95. The lowest BCUT2D eigenvalue weighted by Gasteiger charge is -2.34. The third kappa shape index (κ3) is 3.98. The second-order valence-electron chi connectivity index (χ2n) is 8.19. The Morgan fingerprint density at radius 1 is 1.22 bits per heavy atom. The van der Waals surface area contributed by atoms with E-state index in [0.29, 0.717) is 41.4 Å². The maximum absolute atomic E-state index is 11.8. The Hall–Kier alpha value is -2.91. The van der Waals surface area contributed by atoms with Crippen LogP contribution in [-0.2, 0) is 11.2 Å². The van der Waals surface area contributed by atoms with Gasteiger partial charge >= 0.3 is 5.97 Å². The summed E-state index contributed by atoms with van der Waals surface area (Å²) >= 11 is 1.88. The molecule has 1 atom stereocenters. The molecule has 5 rings (SSSR count). The van der Waals surface area contributed by atoms with E-state index < -0.39 is 0 Å². The number of hydrogen-bond donors (Lipinski definition) is 2. The van der Waals surface area contributed by atoms with Crippen LogP contribution in [0.4, 0.5) is 11.6 Å². The van der Waals surface area contributed by atoms with Crippen molar-refractivity contribution < 1.29 is 14.3 Å². The molecule has 3 aromatic heterocycles. The molecule has 0 bridgehead atoms. The van der Waals surface area contributed by atoms with Crippen molar-refractivity contribution in [1.82, 2.24) is 15.0 Å². The molecule has 0 radical (unpaired) electrons. The monoisotopic (exact) mass is 451 g/mol. The number of thioether (sulfide) groups is 1. The number of pyridine rings is 3. The number of aromatic nitrogens is 3. The second-order valence-corrected chi connectivity index (χ2v) is 9.33. The van der Waals surface area contributed by atoms with Crippen LogP contribution in [0.25, 0.3) is 10.8 Å². The van der Waals surface area contributed by atoms with Gasteiger partial charge in [-0.1, -0.05) is 0 Å². The lowest BCUT2D eigenvalue weighted by Crippen LogP contribution is -2.35. The first kappa shape index (κ1) is 21.0. The van der Waals surface area contributed by atoms with Crippen LogP contribution in [0.15, 0.2) is 30.6 Å². The van der Waals surface area contributed by atoms with E-state index >= 15 is 0 Å². The average Bonchev–Trinajstić information content (AvgIpc) is 2.75. The van der Waals surface area contributed by atoms with Crippen molar-refractivity contribution in [2.75, 3.05) is 18.2 Å². The normalized spacial score (nSPS) is 20.8. The molecular weight excluding hydrogens is 426 g/mol. The van der Waals surface area contributed by atoms with Gasteiger partial charge in [-0.2, -0.15) is 11.8 Å². The number of carbonyl (C=O) groups is 1. The Labute approximate surface area is 190 Å².